The van der Waals surface area contributed by atoms with Crippen LogP contribution in [0, 0.1) is 10.1 Å². The summed E-state index contributed by atoms with van der Waals surface area (Å²) in [5, 5.41) is 10.9. The van der Waals surface area contributed by atoms with Crippen LogP contribution in [0.25, 0.3) is 0 Å². The van der Waals surface area contributed by atoms with Crippen LogP contribution in [0.1, 0.15) is 25.0 Å². The highest BCUT2D eigenvalue weighted by Crippen LogP contribution is 2.37. The Hall–Kier alpha value is -2.12. The molecule has 0 spiro atoms. The number of benzene rings is 1. The second-order valence-corrected chi connectivity index (χ2v) is 4.60. The van der Waals surface area contributed by atoms with Crippen LogP contribution >= 0.6 is 0 Å². The first-order chi connectivity index (χ1) is 9.01. The molecule has 1 aromatic carbocycles. The summed E-state index contributed by atoms with van der Waals surface area (Å²) in [7, 11) is 1.10. The Balaban J connectivity index is 3.50. The Bertz CT molecular complexity index is 552. The molecule has 0 bridgehead atoms. The molecule has 110 valence electrons. The smallest absolute Gasteiger partial charge is 0.416 e. The van der Waals surface area contributed by atoms with E-state index in [0.717, 1.165) is 13.2 Å². The molecule has 0 radical (unpaired) electrons. The Kier molecular flexibility index (Phi) is 4.07. The summed E-state index contributed by atoms with van der Waals surface area (Å²) < 4.78 is 42.2. The predicted octanol–water partition coefficient (Wildman–Crippen LogP) is 3.06. The number of ether oxygens (including phenoxy) is 1. The molecule has 8 heteroatoms. The quantitative estimate of drug-likeness (QED) is 0.487. The molecular formula is C12H12F3NO4. The van der Waals surface area contributed by atoms with Crippen molar-refractivity contribution in [3.05, 3.63) is 39.4 Å². The fourth-order valence-corrected chi connectivity index (χ4v) is 1.75. The molecule has 5 nitrogen and oxygen atoms in total. The largest absolute Gasteiger partial charge is 0.468 e. The van der Waals surface area contributed by atoms with Crippen LogP contribution in [0.5, 0.6) is 0 Å². The van der Waals surface area contributed by atoms with E-state index in [1.54, 1.807) is 0 Å². The Morgan fingerprint density at radius 3 is 2.25 bits per heavy atom. The van der Waals surface area contributed by atoms with Gasteiger partial charge in [-0.25, -0.2) is 0 Å². The van der Waals surface area contributed by atoms with Gasteiger partial charge in [-0.1, -0.05) is 6.07 Å². The van der Waals surface area contributed by atoms with Crippen LogP contribution < -0.4 is 0 Å². The van der Waals surface area contributed by atoms with Gasteiger partial charge in [-0.2, -0.15) is 13.2 Å². The Morgan fingerprint density at radius 1 is 1.30 bits per heavy atom. The highest BCUT2D eigenvalue weighted by molar-refractivity contribution is 5.83. The van der Waals surface area contributed by atoms with Crippen molar-refractivity contribution >= 4 is 11.7 Å². The minimum atomic E-state index is -4.70. The average molecular weight is 291 g/mol. The third-order valence-corrected chi connectivity index (χ3v) is 2.89. The lowest BCUT2D eigenvalue weighted by molar-refractivity contribution is -0.386. The lowest BCUT2D eigenvalue weighted by Gasteiger charge is -2.22. The first-order valence-corrected chi connectivity index (χ1v) is 5.46. The van der Waals surface area contributed by atoms with Gasteiger partial charge in [-0.15, -0.1) is 0 Å². The topological polar surface area (TPSA) is 69.4 Å². The van der Waals surface area contributed by atoms with E-state index in [2.05, 4.69) is 4.74 Å². The van der Waals surface area contributed by atoms with Crippen LogP contribution in [-0.4, -0.2) is 18.0 Å². The van der Waals surface area contributed by atoms with Crippen molar-refractivity contribution in [2.45, 2.75) is 25.4 Å². The molecule has 20 heavy (non-hydrogen) atoms. The second-order valence-electron chi connectivity index (χ2n) is 4.60. The molecule has 1 aromatic rings. The molecule has 0 saturated heterocycles. The number of carbonyl (C=O) groups is 1. The van der Waals surface area contributed by atoms with Crippen molar-refractivity contribution < 1.29 is 27.6 Å². The zero-order chi connectivity index (χ0) is 15.7. The monoisotopic (exact) mass is 291 g/mol. The van der Waals surface area contributed by atoms with Crippen molar-refractivity contribution in [3.63, 3.8) is 0 Å². The molecule has 0 aliphatic rings. The molecular weight excluding hydrogens is 279 g/mol. The van der Waals surface area contributed by atoms with E-state index in [1.165, 1.54) is 13.8 Å². The number of carbonyl (C=O) groups excluding carboxylic acids is 1. The van der Waals surface area contributed by atoms with Gasteiger partial charge in [-0.05, 0) is 19.9 Å². The number of nitro benzene ring substituents is 1. The van der Waals surface area contributed by atoms with E-state index < -0.39 is 33.7 Å². The van der Waals surface area contributed by atoms with Crippen molar-refractivity contribution in [1.29, 1.82) is 0 Å². The predicted molar refractivity (Wildman–Crippen MR) is 63.1 cm³/mol. The summed E-state index contributed by atoms with van der Waals surface area (Å²) in [5.74, 6) is -0.777. The number of halogens is 3. The van der Waals surface area contributed by atoms with Gasteiger partial charge in [0, 0.05) is 11.6 Å². The number of hydrogen-bond acceptors (Lipinski definition) is 4. The average Bonchev–Trinajstić information content (AvgIpc) is 2.35. The molecule has 0 fully saturated rings. The summed E-state index contributed by atoms with van der Waals surface area (Å²) in [4.78, 5) is 21.6. The van der Waals surface area contributed by atoms with Crippen LogP contribution in [0.15, 0.2) is 18.2 Å². The SMILES string of the molecule is COC(=O)C(C)(C)c1ccc(C(F)(F)F)cc1[N+](=O)[O-]. The van der Waals surface area contributed by atoms with Crippen LogP contribution in [0.2, 0.25) is 0 Å². The van der Waals surface area contributed by atoms with Crippen LogP contribution in [-0.2, 0) is 21.1 Å². The van der Waals surface area contributed by atoms with E-state index in [1.807, 2.05) is 0 Å². The number of nitrogens with zero attached hydrogens (tertiary/aromatic N) is 1. The molecule has 0 amide bonds. The molecule has 0 saturated carbocycles. The van der Waals surface area contributed by atoms with Crippen molar-refractivity contribution in [2.75, 3.05) is 7.11 Å². The maximum absolute atomic E-state index is 12.6. The summed E-state index contributed by atoms with van der Waals surface area (Å²) in [6.07, 6.45) is -4.70. The maximum atomic E-state index is 12.6. The first kappa shape index (κ1) is 15.9. The molecule has 0 heterocycles. The van der Waals surface area contributed by atoms with Gasteiger partial charge in [0.2, 0.25) is 0 Å². The summed E-state index contributed by atoms with van der Waals surface area (Å²) in [5.41, 5.74) is -3.48. The number of nitro groups is 1. The molecule has 0 aromatic heterocycles. The Morgan fingerprint density at radius 2 is 1.85 bits per heavy atom. The second kappa shape index (κ2) is 5.10. The van der Waals surface area contributed by atoms with Crippen LogP contribution in [0.4, 0.5) is 18.9 Å². The van der Waals surface area contributed by atoms with E-state index in [-0.39, 0.29) is 5.56 Å². The van der Waals surface area contributed by atoms with E-state index >= 15 is 0 Å². The number of rotatable bonds is 3. The Labute approximate surface area is 112 Å². The van der Waals surface area contributed by atoms with E-state index in [9.17, 15) is 28.1 Å². The highest BCUT2D eigenvalue weighted by Gasteiger charge is 2.39. The lowest BCUT2D eigenvalue weighted by atomic mass is 9.83. The summed E-state index contributed by atoms with van der Waals surface area (Å²) in [6.45, 7) is 2.68. The van der Waals surface area contributed by atoms with Gasteiger partial charge in [-0.3, -0.25) is 14.9 Å². The number of methoxy groups -OCH3 is 1. The fourth-order valence-electron chi connectivity index (χ4n) is 1.75. The zero-order valence-electron chi connectivity index (χ0n) is 10.9. The van der Waals surface area contributed by atoms with Gasteiger partial charge >= 0.3 is 12.1 Å². The molecule has 0 N–H and O–H groups in total. The van der Waals surface area contributed by atoms with Gasteiger partial charge in [0.1, 0.15) is 0 Å². The minimum Gasteiger partial charge on any atom is -0.468 e. The van der Waals surface area contributed by atoms with E-state index in [4.69, 9.17) is 0 Å². The third-order valence-electron chi connectivity index (χ3n) is 2.89. The van der Waals surface area contributed by atoms with Crippen molar-refractivity contribution in [3.8, 4) is 0 Å². The fraction of sp³-hybridized carbons (Fsp3) is 0.417. The summed E-state index contributed by atoms with van der Waals surface area (Å²) >= 11 is 0. The number of alkyl halides is 3. The standard InChI is InChI=1S/C12H12F3NO4/c1-11(2,10(17)20-3)8-5-4-7(12(13,14)15)6-9(8)16(18)19/h4-6H,1-3H3. The normalized spacial score (nSPS) is 12.1. The van der Waals surface area contributed by atoms with Gasteiger partial charge in [0.05, 0.1) is 23.0 Å². The van der Waals surface area contributed by atoms with Crippen LogP contribution in [0.3, 0.4) is 0 Å². The zero-order valence-corrected chi connectivity index (χ0v) is 10.9. The molecule has 0 aliphatic carbocycles. The molecule has 0 aliphatic heterocycles. The molecule has 1 rings (SSSR count). The van der Waals surface area contributed by atoms with Gasteiger partial charge < -0.3 is 4.74 Å². The third kappa shape index (κ3) is 2.89. The van der Waals surface area contributed by atoms with Gasteiger partial charge in [0.25, 0.3) is 5.69 Å². The van der Waals surface area contributed by atoms with Crippen molar-refractivity contribution in [2.24, 2.45) is 0 Å². The lowest BCUT2D eigenvalue weighted by Crippen LogP contribution is -2.31. The van der Waals surface area contributed by atoms with Gasteiger partial charge in [0.15, 0.2) is 0 Å². The number of hydrogen-bond donors (Lipinski definition) is 0. The highest BCUT2D eigenvalue weighted by atomic mass is 19.4. The minimum absolute atomic E-state index is 0.137. The maximum Gasteiger partial charge on any atom is 0.416 e. The number of esters is 1. The first-order valence-electron chi connectivity index (χ1n) is 5.46. The summed E-state index contributed by atoms with van der Waals surface area (Å²) in [6, 6.07) is 2.05. The molecule has 0 unspecified atom stereocenters. The van der Waals surface area contributed by atoms with E-state index in [0.29, 0.717) is 12.1 Å². The van der Waals surface area contributed by atoms with Crippen molar-refractivity contribution in [1.82, 2.24) is 0 Å². The molecule has 0 atom stereocenters.